The molecule has 0 spiro atoms. The lowest BCUT2D eigenvalue weighted by atomic mass is 10.0. The molecule has 1 aliphatic rings. The largest absolute Gasteiger partial charge is 0.378 e. The first-order valence-corrected chi connectivity index (χ1v) is 9.45. The fourth-order valence-electron chi connectivity index (χ4n) is 2.48. The molecule has 6 nitrogen and oxygen atoms in total. The van der Waals surface area contributed by atoms with Gasteiger partial charge in [-0.05, 0) is 11.5 Å². The van der Waals surface area contributed by atoms with Crippen molar-refractivity contribution in [3.05, 3.63) is 35.9 Å². The molecule has 0 aromatic heterocycles. The van der Waals surface area contributed by atoms with E-state index in [4.69, 9.17) is 4.74 Å². The van der Waals surface area contributed by atoms with E-state index in [1.807, 2.05) is 19.9 Å². The second-order valence-corrected chi connectivity index (χ2v) is 7.78. The molecule has 1 amide bonds. The second kappa shape index (κ2) is 7.90. The molecule has 0 unspecified atom stereocenters. The topological polar surface area (TPSA) is 75.7 Å². The maximum absolute atomic E-state index is 12.6. The predicted molar refractivity (Wildman–Crippen MR) is 88.2 cm³/mol. The summed E-state index contributed by atoms with van der Waals surface area (Å²) in [4.78, 5) is 14.3. The number of carbonyl (C=O) groups excluding carboxylic acids is 1. The second-order valence-electron chi connectivity index (χ2n) is 6.02. The number of benzene rings is 1. The van der Waals surface area contributed by atoms with Gasteiger partial charge in [0.25, 0.3) is 0 Å². The number of hydrogen-bond donors (Lipinski definition) is 1. The van der Waals surface area contributed by atoms with Crippen LogP contribution in [0.4, 0.5) is 0 Å². The van der Waals surface area contributed by atoms with Crippen LogP contribution in [0.25, 0.3) is 0 Å². The highest BCUT2D eigenvalue weighted by atomic mass is 32.2. The number of rotatable bonds is 6. The van der Waals surface area contributed by atoms with Gasteiger partial charge >= 0.3 is 0 Å². The Bertz CT molecular complexity index is 610. The first-order chi connectivity index (χ1) is 10.9. The van der Waals surface area contributed by atoms with Gasteiger partial charge in [-0.2, -0.15) is 0 Å². The third kappa shape index (κ3) is 5.30. The van der Waals surface area contributed by atoms with E-state index in [-0.39, 0.29) is 17.6 Å². The average Bonchev–Trinajstić information content (AvgIpc) is 2.53. The molecule has 0 bridgehead atoms. The maximum atomic E-state index is 12.6. The van der Waals surface area contributed by atoms with Gasteiger partial charge in [0, 0.05) is 13.1 Å². The van der Waals surface area contributed by atoms with Crippen LogP contribution in [0.3, 0.4) is 0 Å². The summed E-state index contributed by atoms with van der Waals surface area (Å²) in [7, 11) is -3.59. The summed E-state index contributed by atoms with van der Waals surface area (Å²) in [6.45, 7) is 5.67. The van der Waals surface area contributed by atoms with Gasteiger partial charge in [-0.15, -0.1) is 0 Å². The summed E-state index contributed by atoms with van der Waals surface area (Å²) in [5, 5.41) is 0. The van der Waals surface area contributed by atoms with E-state index in [9.17, 15) is 13.2 Å². The number of ether oxygens (including phenoxy) is 1. The Morgan fingerprint density at radius 1 is 1.22 bits per heavy atom. The van der Waals surface area contributed by atoms with Crippen LogP contribution in [0.5, 0.6) is 0 Å². The van der Waals surface area contributed by atoms with Crippen LogP contribution >= 0.6 is 0 Å². The van der Waals surface area contributed by atoms with Crippen molar-refractivity contribution in [2.75, 3.05) is 26.3 Å². The number of amides is 1. The zero-order valence-electron chi connectivity index (χ0n) is 13.6. The summed E-state index contributed by atoms with van der Waals surface area (Å²) in [5.41, 5.74) is 0.696. The fourth-order valence-corrected chi connectivity index (χ4v) is 3.96. The number of sulfonamides is 1. The monoisotopic (exact) mass is 340 g/mol. The van der Waals surface area contributed by atoms with Crippen molar-refractivity contribution >= 4 is 15.9 Å². The van der Waals surface area contributed by atoms with Crippen LogP contribution in [0.1, 0.15) is 19.4 Å². The third-order valence-corrected chi connectivity index (χ3v) is 5.09. The summed E-state index contributed by atoms with van der Waals surface area (Å²) >= 11 is 0. The van der Waals surface area contributed by atoms with E-state index in [2.05, 4.69) is 4.72 Å². The smallest absolute Gasteiger partial charge is 0.241 e. The highest BCUT2D eigenvalue weighted by Crippen LogP contribution is 2.12. The number of nitrogens with zero attached hydrogens (tertiary/aromatic N) is 1. The van der Waals surface area contributed by atoms with Crippen LogP contribution in [0.2, 0.25) is 0 Å². The van der Waals surface area contributed by atoms with Gasteiger partial charge in [-0.25, -0.2) is 13.1 Å². The van der Waals surface area contributed by atoms with Gasteiger partial charge in [0.1, 0.15) is 6.04 Å². The molecule has 1 fully saturated rings. The zero-order valence-corrected chi connectivity index (χ0v) is 14.4. The Kier molecular flexibility index (Phi) is 6.15. The Morgan fingerprint density at radius 2 is 1.83 bits per heavy atom. The van der Waals surface area contributed by atoms with E-state index in [0.29, 0.717) is 31.9 Å². The summed E-state index contributed by atoms with van der Waals surface area (Å²) in [6, 6.07) is 8.19. The van der Waals surface area contributed by atoms with Crippen molar-refractivity contribution in [1.82, 2.24) is 9.62 Å². The summed E-state index contributed by atoms with van der Waals surface area (Å²) in [5.74, 6) is -0.441. The Hall–Kier alpha value is -1.44. The van der Waals surface area contributed by atoms with Crippen molar-refractivity contribution in [1.29, 1.82) is 0 Å². The van der Waals surface area contributed by atoms with Crippen LogP contribution in [-0.4, -0.2) is 51.6 Å². The Balaban J connectivity index is 2.07. The predicted octanol–water partition coefficient (Wildman–Crippen LogP) is 0.989. The molecule has 1 atom stereocenters. The van der Waals surface area contributed by atoms with Gasteiger partial charge < -0.3 is 9.64 Å². The molecule has 1 aliphatic heterocycles. The Labute approximate surface area is 137 Å². The summed E-state index contributed by atoms with van der Waals surface area (Å²) in [6.07, 6.45) is 0. The van der Waals surface area contributed by atoms with Crippen molar-refractivity contribution < 1.29 is 17.9 Å². The molecule has 2 rings (SSSR count). The standard InChI is InChI=1S/C16H24N2O4S/c1-13(2)15(16(19)18-8-10-22-11-9-18)17-23(20,21)12-14-6-4-3-5-7-14/h3-7,13,15,17H,8-12H2,1-2H3/t15-/m1/s1. The SMILES string of the molecule is CC(C)[C@@H](NS(=O)(=O)Cc1ccccc1)C(=O)N1CCOCC1. The molecule has 23 heavy (non-hydrogen) atoms. The minimum Gasteiger partial charge on any atom is -0.378 e. The minimum absolute atomic E-state index is 0.129. The van der Waals surface area contributed by atoms with E-state index >= 15 is 0 Å². The lowest BCUT2D eigenvalue weighted by molar-refractivity contribution is -0.138. The first kappa shape index (κ1) is 17.9. The lowest BCUT2D eigenvalue weighted by Gasteiger charge is -2.32. The molecule has 0 saturated carbocycles. The number of hydrogen-bond acceptors (Lipinski definition) is 4. The van der Waals surface area contributed by atoms with Crippen molar-refractivity contribution in [2.45, 2.75) is 25.6 Å². The molecule has 128 valence electrons. The zero-order chi connectivity index (χ0) is 16.9. The van der Waals surface area contributed by atoms with Gasteiger partial charge in [0.05, 0.1) is 19.0 Å². The van der Waals surface area contributed by atoms with Gasteiger partial charge in [-0.3, -0.25) is 4.79 Å². The van der Waals surface area contributed by atoms with Crippen molar-refractivity contribution in [2.24, 2.45) is 5.92 Å². The molecule has 1 N–H and O–H groups in total. The third-order valence-electron chi connectivity index (χ3n) is 3.76. The van der Waals surface area contributed by atoms with Gasteiger partial charge in [-0.1, -0.05) is 44.2 Å². The average molecular weight is 340 g/mol. The Morgan fingerprint density at radius 3 is 2.39 bits per heavy atom. The number of morpholine rings is 1. The summed E-state index contributed by atoms with van der Waals surface area (Å²) < 4.78 is 32.6. The molecular weight excluding hydrogens is 316 g/mol. The van der Waals surface area contributed by atoms with Gasteiger partial charge in [0.15, 0.2) is 0 Å². The number of nitrogens with one attached hydrogen (secondary N) is 1. The first-order valence-electron chi connectivity index (χ1n) is 7.79. The van der Waals surface area contributed by atoms with E-state index < -0.39 is 16.1 Å². The van der Waals surface area contributed by atoms with E-state index in [1.165, 1.54) is 0 Å². The molecule has 0 aliphatic carbocycles. The van der Waals surface area contributed by atoms with E-state index in [0.717, 1.165) is 0 Å². The lowest BCUT2D eigenvalue weighted by Crippen LogP contribution is -2.53. The fraction of sp³-hybridized carbons (Fsp3) is 0.562. The number of carbonyl (C=O) groups is 1. The van der Waals surface area contributed by atoms with Gasteiger partial charge in [0.2, 0.25) is 15.9 Å². The molecular formula is C16H24N2O4S. The van der Waals surface area contributed by atoms with Crippen LogP contribution in [0, 0.1) is 5.92 Å². The minimum atomic E-state index is -3.59. The van der Waals surface area contributed by atoms with E-state index in [1.54, 1.807) is 29.2 Å². The van der Waals surface area contributed by atoms with Crippen molar-refractivity contribution in [3.63, 3.8) is 0 Å². The van der Waals surface area contributed by atoms with Crippen LogP contribution in [0.15, 0.2) is 30.3 Å². The molecule has 1 saturated heterocycles. The van der Waals surface area contributed by atoms with Crippen LogP contribution < -0.4 is 4.72 Å². The highest BCUT2D eigenvalue weighted by molar-refractivity contribution is 7.88. The molecule has 1 heterocycles. The maximum Gasteiger partial charge on any atom is 0.241 e. The molecule has 1 aromatic carbocycles. The molecule has 7 heteroatoms. The highest BCUT2D eigenvalue weighted by Gasteiger charge is 2.31. The quantitative estimate of drug-likeness (QED) is 0.838. The van der Waals surface area contributed by atoms with Crippen molar-refractivity contribution in [3.8, 4) is 0 Å². The normalized spacial score (nSPS) is 17.3. The molecule has 0 radical (unpaired) electrons. The molecule has 1 aromatic rings. The van der Waals surface area contributed by atoms with Crippen LogP contribution in [-0.2, 0) is 25.3 Å².